The first-order valence-corrected chi connectivity index (χ1v) is 5.82. The van der Waals surface area contributed by atoms with Crippen LogP contribution in [0, 0.1) is 0 Å². The van der Waals surface area contributed by atoms with Crippen LogP contribution in [0.2, 0.25) is 0 Å². The first-order valence-electron chi connectivity index (χ1n) is 4.21. The van der Waals surface area contributed by atoms with Gasteiger partial charge in [0.1, 0.15) is 11.0 Å². The second kappa shape index (κ2) is 3.71. The molecule has 8 heteroatoms. The highest BCUT2D eigenvalue weighted by atomic mass is 31.2. The van der Waals surface area contributed by atoms with Crippen LogP contribution in [0.5, 0.6) is 0 Å². The molecule has 0 aliphatic rings. The molecule has 16 heavy (non-hydrogen) atoms. The monoisotopic (exact) mass is 241 g/mol. The standard InChI is InChI=1S/C8H8N3O4P/c9-8-10-3-1-5(11-8)7-6(2-4-15-7)16(12,13)14/h1-4H,(H2,9,10,11)(H2,12,13,14). The van der Waals surface area contributed by atoms with Crippen molar-refractivity contribution in [2.45, 2.75) is 0 Å². The van der Waals surface area contributed by atoms with Gasteiger partial charge in [0.05, 0.1) is 6.26 Å². The molecule has 0 radical (unpaired) electrons. The number of rotatable bonds is 2. The Bertz CT molecular complexity index is 562. The van der Waals surface area contributed by atoms with Gasteiger partial charge in [-0.3, -0.25) is 4.57 Å². The predicted octanol–water partition coefficient (Wildman–Crippen LogP) is 0.122. The van der Waals surface area contributed by atoms with E-state index < -0.39 is 7.60 Å². The Labute approximate surface area is 90.1 Å². The maximum Gasteiger partial charge on any atom is 0.360 e. The Kier molecular flexibility index (Phi) is 2.51. The Hall–Kier alpha value is -1.69. The van der Waals surface area contributed by atoms with E-state index in [0.717, 1.165) is 0 Å². The zero-order valence-corrected chi connectivity index (χ0v) is 8.83. The number of nitrogen functional groups attached to an aromatic ring is 1. The summed E-state index contributed by atoms with van der Waals surface area (Å²) in [4.78, 5) is 25.6. The number of nitrogens with zero attached hydrogens (tertiary/aromatic N) is 2. The van der Waals surface area contributed by atoms with Gasteiger partial charge in [-0.15, -0.1) is 0 Å². The molecule has 0 saturated carbocycles. The molecule has 0 spiro atoms. The fraction of sp³-hybridized carbons (Fsp3) is 0. The van der Waals surface area contributed by atoms with Gasteiger partial charge < -0.3 is 19.9 Å². The van der Waals surface area contributed by atoms with Crippen LogP contribution in [-0.4, -0.2) is 19.8 Å². The van der Waals surface area contributed by atoms with E-state index in [1.54, 1.807) is 0 Å². The quantitative estimate of drug-likeness (QED) is 0.638. The molecular weight excluding hydrogens is 233 g/mol. The summed E-state index contributed by atoms with van der Waals surface area (Å²) in [5, 5.41) is -0.217. The Morgan fingerprint density at radius 2 is 2.12 bits per heavy atom. The number of hydrogen-bond acceptors (Lipinski definition) is 5. The summed E-state index contributed by atoms with van der Waals surface area (Å²) in [6.07, 6.45) is 2.56. The summed E-state index contributed by atoms with van der Waals surface area (Å²) in [7, 11) is -4.38. The van der Waals surface area contributed by atoms with Crippen molar-refractivity contribution in [3.05, 3.63) is 24.6 Å². The molecule has 2 aromatic rings. The summed E-state index contributed by atoms with van der Waals surface area (Å²) in [6, 6.07) is 2.66. The van der Waals surface area contributed by atoms with E-state index >= 15 is 0 Å². The molecule has 2 aromatic heterocycles. The molecule has 4 N–H and O–H groups in total. The van der Waals surface area contributed by atoms with Crippen LogP contribution in [0.1, 0.15) is 0 Å². The van der Waals surface area contributed by atoms with Crippen LogP contribution in [0.4, 0.5) is 5.95 Å². The van der Waals surface area contributed by atoms with Crippen LogP contribution in [0.15, 0.2) is 29.0 Å². The highest BCUT2D eigenvalue weighted by Gasteiger charge is 2.25. The van der Waals surface area contributed by atoms with Crippen molar-refractivity contribution in [3.63, 3.8) is 0 Å². The first-order chi connectivity index (χ1) is 7.48. The molecule has 0 bridgehead atoms. The van der Waals surface area contributed by atoms with Gasteiger partial charge in [-0.25, -0.2) is 9.97 Å². The predicted molar refractivity (Wildman–Crippen MR) is 55.8 cm³/mol. The molecule has 2 rings (SSSR count). The maximum absolute atomic E-state index is 11.1. The molecule has 0 unspecified atom stereocenters. The fourth-order valence-corrected chi connectivity index (χ4v) is 1.91. The van der Waals surface area contributed by atoms with Crippen LogP contribution in [-0.2, 0) is 4.57 Å². The van der Waals surface area contributed by atoms with Gasteiger partial charge in [-0.1, -0.05) is 0 Å². The molecule has 7 nitrogen and oxygen atoms in total. The summed E-state index contributed by atoms with van der Waals surface area (Å²) in [6.45, 7) is 0. The van der Waals surface area contributed by atoms with Crippen molar-refractivity contribution in [2.24, 2.45) is 0 Å². The minimum Gasteiger partial charge on any atom is -0.462 e. The number of nitrogens with two attached hydrogens (primary N) is 1. The molecule has 0 aromatic carbocycles. The van der Waals surface area contributed by atoms with Crippen LogP contribution < -0.4 is 11.0 Å². The van der Waals surface area contributed by atoms with E-state index in [0.29, 0.717) is 0 Å². The van der Waals surface area contributed by atoms with E-state index in [-0.39, 0.29) is 22.7 Å². The maximum atomic E-state index is 11.1. The zero-order chi connectivity index (χ0) is 11.8. The Balaban J connectivity index is 2.58. The van der Waals surface area contributed by atoms with Crippen LogP contribution in [0.25, 0.3) is 11.5 Å². The van der Waals surface area contributed by atoms with Gasteiger partial charge in [0.2, 0.25) is 5.95 Å². The molecule has 0 aliphatic carbocycles. The third kappa shape index (κ3) is 1.96. The molecular formula is C8H8N3O4P. The molecule has 0 fully saturated rings. The first kappa shape index (κ1) is 10.8. The van der Waals surface area contributed by atoms with Crippen molar-refractivity contribution < 1.29 is 18.8 Å². The highest BCUT2D eigenvalue weighted by molar-refractivity contribution is 7.60. The minimum absolute atomic E-state index is 0.00225. The van der Waals surface area contributed by atoms with Gasteiger partial charge in [-0.2, -0.15) is 0 Å². The van der Waals surface area contributed by atoms with Crippen molar-refractivity contribution in [1.29, 1.82) is 0 Å². The van der Waals surface area contributed by atoms with Crippen LogP contribution >= 0.6 is 7.60 Å². The summed E-state index contributed by atoms with van der Waals surface area (Å²) >= 11 is 0. The molecule has 0 aliphatic heterocycles. The summed E-state index contributed by atoms with van der Waals surface area (Å²) in [5.74, 6) is 0.00740. The smallest absolute Gasteiger partial charge is 0.360 e. The van der Waals surface area contributed by atoms with Gasteiger partial charge in [0.25, 0.3) is 0 Å². The normalized spacial score (nSPS) is 11.6. The average molecular weight is 241 g/mol. The number of aromatic nitrogens is 2. The zero-order valence-electron chi connectivity index (χ0n) is 7.94. The largest absolute Gasteiger partial charge is 0.462 e. The lowest BCUT2D eigenvalue weighted by Gasteiger charge is -2.03. The van der Waals surface area contributed by atoms with Gasteiger partial charge in [0.15, 0.2) is 5.76 Å². The SMILES string of the molecule is Nc1nccc(-c2occc2P(=O)(O)O)n1. The van der Waals surface area contributed by atoms with Crippen LogP contribution in [0.3, 0.4) is 0 Å². The lowest BCUT2D eigenvalue weighted by molar-refractivity contribution is 0.387. The Morgan fingerprint density at radius 1 is 1.38 bits per heavy atom. The number of anilines is 1. The molecule has 0 amide bonds. The van der Waals surface area contributed by atoms with E-state index in [4.69, 9.17) is 19.9 Å². The Morgan fingerprint density at radius 3 is 2.75 bits per heavy atom. The third-order valence-corrected chi connectivity index (χ3v) is 2.84. The number of hydrogen-bond donors (Lipinski definition) is 3. The molecule has 0 atom stereocenters. The third-order valence-electron chi connectivity index (χ3n) is 1.87. The van der Waals surface area contributed by atoms with Crippen molar-refractivity contribution in [1.82, 2.24) is 9.97 Å². The van der Waals surface area contributed by atoms with Gasteiger partial charge >= 0.3 is 7.60 Å². The van der Waals surface area contributed by atoms with Crippen molar-refractivity contribution in [2.75, 3.05) is 5.73 Å². The average Bonchev–Trinajstić information content (AvgIpc) is 2.65. The van der Waals surface area contributed by atoms with Gasteiger partial charge in [0, 0.05) is 6.20 Å². The second-order valence-electron chi connectivity index (χ2n) is 2.98. The van der Waals surface area contributed by atoms with Gasteiger partial charge in [-0.05, 0) is 12.1 Å². The van der Waals surface area contributed by atoms with Crippen molar-refractivity contribution >= 4 is 18.8 Å². The lowest BCUT2D eigenvalue weighted by atomic mass is 10.3. The highest BCUT2D eigenvalue weighted by Crippen LogP contribution is 2.37. The summed E-state index contributed by atoms with van der Waals surface area (Å²) < 4.78 is 16.1. The second-order valence-corrected chi connectivity index (χ2v) is 4.55. The van der Waals surface area contributed by atoms with Crippen molar-refractivity contribution in [3.8, 4) is 11.5 Å². The van der Waals surface area contributed by atoms with E-state index in [2.05, 4.69) is 9.97 Å². The van der Waals surface area contributed by atoms with E-state index in [9.17, 15) is 4.57 Å². The molecule has 2 heterocycles. The number of furan rings is 1. The molecule has 0 saturated heterocycles. The summed E-state index contributed by atoms with van der Waals surface area (Å²) in [5.41, 5.74) is 5.60. The fourth-order valence-electron chi connectivity index (χ4n) is 1.22. The topological polar surface area (TPSA) is 122 Å². The minimum atomic E-state index is -4.38. The molecule has 84 valence electrons. The van der Waals surface area contributed by atoms with E-state index in [1.165, 1.54) is 24.6 Å². The lowest BCUT2D eigenvalue weighted by Crippen LogP contribution is -2.05. The van der Waals surface area contributed by atoms with E-state index in [1.807, 2.05) is 0 Å².